The van der Waals surface area contributed by atoms with Crippen LogP contribution in [0.5, 0.6) is 0 Å². The van der Waals surface area contributed by atoms with Crippen LogP contribution in [-0.4, -0.2) is 9.97 Å². The highest BCUT2D eigenvalue weighted by molar-refractivity contribution is 5.65. The van der Waals surface area contributed by atoms with Gasteiger partial charge < -0.3 is 0 Å². The van der Waals surface area contributed by atoms with Crippen molar-refractivity contribution in [3.8, 4) is 11.1 Å². The Morgan fingerprint density at radius 1 is 1.00 bits per heavy atom. The third-order valence-corrected chi connectivity index (χ3v) is 2.69. The SMILES string of the molecule is Cc1nc(C(C)C)ccc1-c1ccncc1. The molecule has 2 aromatic rings. The highest BCUT2D eigenvalue weighted by Crippen LogP contribution is 2.23. The van der Waals surface area contributed by atoms with Crippen LogP contribution in [0.25, 0.3) is 11.1 Å². The highest BCUT2D eigenvalue weighted by Gasteiger charge is 2.06. The van der Waals surface area contributed by atoms with Gasteiger partial charge >= 0.3 is 0 Å². The van der Waals surface area contributed by atoms with E-state index in [0.29, 0.717) is 5.92 Å². The van der Waals surface area contributed by atoms with Gasteiger partial charge in [-0.15, -0.1) is 0 Å². The molecule has 0 atom stereocenters. The maximum atomic E-state index is 4.63. The molecule has 0 fully saturated rings. The minimum atomic E-state index is 0.477. The summed E-state index contributed by atoms with van der Waals surface area (Å²) in [5.74, 6) is 0.477. The Balaban J connectivity index is 2.45. The first-order valence-electron chi connectivity index (χ1n) is 5.56. The van der Waals surface area contributed by atoms with Crippen molar-refractivity contribution in [2.75, 3.05) is 0 Å². The lowest BCUT2D eigenvalue weighted by atomic mass is 10.0. The zero-order chi connectivity index (χ0) is 11.5. The van der Waals surface area contributed by atoms with Gasteiger partial charge in [-0.1, -0.05) is 19.9 Å². The topological polar surface area (TPSA) is 25.8 Å². The summed E-state index contributed by atoms with van der Waals surface area (Å²) < 4.78 is 0. The van der Waals surface area contributed by atoms with Gasteiger partial charge in [0.15, 0.2) is 0 Å². The van der Waals surface area contributed by atoms with E-state index < -0.39 is 0 Å². The molecule has 0 aliphatic carbocycles. The fourth-order valence-electron chi connectivity index (χ4n) is 1.74. The molecule has 0 spiro atoms. The zero-order valence-corrected chi connectivity index (χ0v) is 9.94. The van der Waals surface area contributed by atoms with Crippen LogP contribution in [0.2, 0.25) is 0 Å². The van der Waals surface area contributed by atoms with Crippen LogP contribution in [0.3, 0.4) is 0 Å². The molecule has 0 aromatic carbocycles. The molecule has 82 valence electrons. The molecule has 0 amide bonds. The summed E-state index contributed by atoms with van der Waals surface area (Å²) in [4.78, 5) is 8.65. The van der Waals surface area contributed by atoms with E-state index in [-0.39, 0.29) is 0 Å². The summed E-state index contributed by atoms with van der Waals surface area (Å²) in [6.07, 6.45) is 3.62. The minimum Gasteiger partial charge on any atom is -0.265 e. The number of pyridine rings is 2. The van der Waals surface area contributed by atoms with E-state index in [1.54, 1.807) is 0 Å². The Bertz CT molecular complexity index is 475. The lowest BCUT2D eigenvalue weighted by Gasteiger charge is -2.09. The van der Waals surface area contributed by atoms with Crippen molar-refractivity contribution in [3.05, 3.63) is 48.0 Å². The van der Waals surface area contributed by atoms with Crippen molar-refractivity contribution >= 4 is 0 Å². The number of aromatic nitrogens is 2. The number of nitrogens with zero attached hydrogens (tertiary/aromatic N) is 2. The van der Waals surface area contributed by atoms with Crippen molar-refractivity contribution in [1.29, 1.82) is 0 Å². The van der Waals surface area contributed by atoms with Crippen molar-refractivity contribution in [2.24, 2.45) is 0 Å². The molecule has 2 heterocycles. The van der Waals surface area contributed by atoms with Gasteiger partial charge in [-0.3, -0.25) is 9.97 Å². The molecule has 2 aromatic heterocycles. The molecule has 0 aliphatic heterocycles. The van der Waals surface area contributed by atoms with Crippen LogP contribution >= 0.6 is 0 Å². The van der Waals surface area contributed by atoms with Crippen molar-refractivity contribution in [2.45, 2.75) is 26.7 Å². The van der Waals surface area contributed by atoms with Crippen LogP contribution in [0.15, 0.2) is 36.7 Å². The predicted molar refractivity (Wildman–Crippen MR) is 66.3 cm³/mol. The summed E-state index contributed by atoms with van der Waals surface area (Å²) in [7, 11) is 0. The summed E-state index contributed by atoms with van der Waals surface area (Å²) in [6, 6.07) is 8.28. The number of rotatable bonds is 2. The second kappa shape index (κ2) is 4.44. The largest absolute Gasteiger partial charge is 0.265 e. The van der Waals surface area contributed by atoms with Crippen LogP contribution in [-0.2, 0) is 0 Å². The first kappa shape index (κ1) is 10.8. The van der Waals surface area contributed by atoms with Crippen LogP contribution in [0, 0.1) is 6.92 Å². The van der Waals surface area contributed by atoms with Crippen LogP contribution < -0.4 is 0 Å². The van der Waals surface area contributed by atoms with E-state index in [4.69, 9.17) is 0 Å². The van der Waals surface area contributed by atoms with Crippen LogP contribution in [0.4, 0.5) is 0 Å². The summed E-state index contributed by atoms with van der Waals surface area (Å²) in [5, 5.41) is 0. The standard InChI is InChI=1S/C14H16N2/c1-10(2)14-5-4-13(11(3)16-14)12-6-8-15-9-7-12/h4-10H,1-3H3. The van der Waals surface area contributed by atoms with Gasteiger partial charge in [0.05, 0.1) is 0 Å². The molecule has 2 rings (SSSR count). The van der Waals surface area contributed by atoms with Gasteiger partial charge in [-0.25, -0.2) is 0 Å². The fraction of sp³-hybridized carbons (Fsp3) is 0.286. The van der Waals surface area contributed by atoms with Crippen molar-refractivity contribution in [1.82, 2.24) is 9.97 Å². The Kier molecular flexibility index (Phi) is 3.00. The van der Waals surface area contributed by atoms with E-state index in [9.17, 15) is 0 Å². The molecular weight excluding hydrogens is 196 g/mol. The van der Waals surface area contributed by atoms with E-state index in [0.717, 1.165) is 11.4 Å². The lowest BCUT2D eigenvalue weighted by Crippen LogP contribution is -1.96. The average molecular weight is 212 g/mol. The third kappa shape index (κ3) is 2.11. The Hall–Kier alpha value is -1.70. The lowest BCUT2D eigenvalue weighted by molar-refractivity contribution is 0.816. The second-order valence-corrected chi connectivity index (χ2v) is 4.26. The molecule has 0 bridgehead atoms. The van der Waals surface area contributed by atoms with E-state index >= 15 is 0 Å². The smallest absolute Gasteiger partial charge is 0.0454 e. The molecule has 0 aliphatic rings. The molecular formula is C14H16N2. The first-order valence-corrected chi connectivity index (χ1v) is 5.56. The fourth-order valence-corrected chi connectivity index (χ4v) is 1.74. The van der Waals surface area contributed by atoms with E-state index in [2.05, 4.69) is 42.9 Å². The van der Waals surface area contributed by atoms with E-state index in [1.807, 2.05) is 24.5 Å². The Morgan fingerprint density at radius 3 is 2.25 bits per heavy atom. The second-order valence-electron chi connectivity index (χ2n) is 4.26. The third-order valence-electron chi connectivity index (χ3n) is 2.69. The van der Waals surface area contributed by atoms with Gasteiger partial charge in [0.2, 0.25) is 0 Å². The minimum absolute atomic E-state index is 0.477. The summed E-state index contributed by atoms with van der Waals surface area (Å²) in [6.45, 7) is 6.38. The Morgan fingerprint density at radius 2 is 1.69 bits per heavy atom. The van der Waals surface area contributed by atoms with Gasteiger partial charge in [-0.2, -0.15) is 0 Å². The Labute approximate surface area is 96.4 Å². The monoisotopic (exact) mass is 212 g/mol. The average Bonchev–Trinajstić information content (AvgIpc) is 2.30. The predicted octanol–water partition coefficient (Wildman–Crippen LogP) is 3.58. The first-order chi connectivity index (χ1) is 7.68. The summed E-state index contributed by atoms with van der Waals surface area (Å²) in [5.41, 5.74) is 4.59. The quantitative estimate of drug-likeness (QED) is 0.760. The van der Waals surface area contributed by atoms with Gasteiger partial charge in [0, 0.05) is 29.3 Å². The molecule has 0 N–H and O–H groups in total. The molecule has 0 saturated heterocycles. The number of hydrogen-bond acceptors (Lipinski definition) is 2. The molecule has 0 radical (unpaired) electrons. The van der Waals surface area contributed by atoms with Gasteiger partial charge in [0.25, 0.3) is 0 Å². The van der Waals surface area contributed by atoms with Crippen molar-refractivity contribution < 1.29 is 0 Å². The molecule has 2 heteroatoms. The number of hydrogen-bond donors (Lipinski definition) is 0. The van der Waals surface area contributed by atoms with Crippen LogP contribution in [0.1, 0.15) is 31.2 Å². The maximum absolute atomic E-state index is 4.63. The maximum Gasteiger partial charge on any atom is 0.0454 e. The normalized spacial score (nSPS) is 10.8. The number of aryl methyl sites for hydroxylation is 1. The summed E-state index contributed by atoms with van der Waals surface area (Å²) >= 11 is 0. The molecule has 0 unspecified atom stereocenters. The van der Waals surface area contributed by atoms with Crippen molar-refractivity contribution in [3.63, 3.8) is 0 Å². The van der Waals surface area contributed by atoms with E-state index in [1.165, 1.54) is 11.1 Å². The molecule has 2 nitrogen and oxygen atoms in total. The molecule has 16 heavy (non-hydrogen) atoms. The van der Waals surface area contributed by atoms with Gasteiger partial charge in [-0.05, 0) is 36.6 Å². The van der Waals surface area contributed by atoms with Gasteiger partial charge in [0.1, 0.15) is 0 Å². The molecule has 0 saturated carbocycles. The highest BCUT2D eigenvalue weighted by atomic mass is 14.7. The zero-order valence-electron chi connectivity index (χ0n) is 9.94.